The van der Waals surface area contributed by atoms with Crippen LogP contribution in [0.5, 0.6) is 0 Å². The highest BCUT2D eigenvalue weighted by Crippen LogP contribution is 2.44. The lowest BCUT2D eigenvalue weighted by molar-refractivity contribution is 0.0694. The molecule has 4 rings (SSSR count). The molecule has 0 aromatic carbocycles. The molecule has 1 unspecified atom stereocenters. The van der Waals surface area contributed by atoms with Gasteiger partial charge in [-0.15, -0.1) is 0 Å². The van der Waals surface area contributed by atoms with E-state index in [4.69, 9.17) is 5.73 Å². The topological polar surface area (TPSA) is 84.8 Å². The zero-order valence-corrected chi connectivity index (χ0v) is 14.1. The highest BCUT2D eigenvalue weighted by atomic mass is 19.1. The molecule has 2 fully saturated rings. The van der Waals surface area contributed by atoms with E-state index in [2.05, 4.69) is 0 Å². The van der Waals surface area contributed by atoms with Gasteiger partial charge in [0.15, 0.2) is 0 Å². The number of fused-ring (bicyclic) bond motifs is 1. The Morgan fingerprint density at radius 1 is 1.28 bits per heavy atom. The van der Waals surface area contributed by atoms with E-state index < -0.39 is 17.3 Å². The Labute approximate surface area is 144 Å². The average Bonchev–Trinajstić information content (AvgIpc) is 3.30. The number of aromatic carboxylic acids is 1. The van der Waals surface area contributed by atoms with Gasteiger partial charge in [0, 0.05) is 12.2 Å². The molecule has 2 aromatic rings. The Hall–Kier alpha value is -2.21. The number of nitrogens with two attached hydrogens (primary N) is 1. The minimum Gasteiger partial charge on any atom is -0.477 e. The fourth-order valence-corrected chi connectivity index (χ4v) is 4.30. The summed E-state index contributed by atoms with van der Waals surface area (Å²) >= 11 is 0. The molecule has 0 amide bonds. The number of aryl methyl sites for hydroxylation is 1. The number of carbonyl (C=O) groups is 1. The minimum absolute atomic E-state index is 0.0568. The van der Waals surface area contributed by atoms with E-state index in [1.165, 1.54) is 16.7 Å². The molecule has 25 heavy (non-hydrogen) atoms. The zero-order valence-electron chi connectivity index (χ0n) is 14.1. The lowest BCUT2D eigenvalue weighted by Gasteiger charge is -2.19. The van der Waals surface area contributed by atoms with Crippen LogP contribution in [0.2, 0.25) is 0 Å². The molecule has 2 heterocycles. The van der Waals surface area contributed by atoms with Crippen LogP contribution in [0.3, 0.4) is 0 Å². The number of pyridine rings is 2. The standard InChI is InChI=1S/C19H21FN2O3/c1-9-16(11-4-5-12(21)6-11)15(20)8-22-17(9)13(10-2-3-10)7-14(18(22)23)19(24)25/h7-8,10-12H,2-6,21H2,1H3,(H,24,25)/t11?,12-/m0/s1. The number of carboxylic acid groups (broad SMARTS) is 1. The van der Waals surface area contributed by atoms with E-state index in [1.54, 1.807) is 0 Å². The van der Waals surface area contributed by atoms with Crippen molar-refractivity contribution in [2.24, 2.45) is 5.73 Å². The number of hydrogen-bond acceptors (Lipinski definition) is 3. The normalized spacial score (nSPS) is 23.3. The van der Waals surface area contributed by atoms with Crippen LogP contribution in [-0.2, 0) is 0 Å². The second kappa shape index (κ2) is 5.66. The fraction of sp³-hybridized carbons (Fsp3) is 0.474. The van der Waals surface area contributed by atoms with Gasteiger partial charge in [-0.05, 0) is 73.6 Å². The van der Waals surface area contributed by atoms with Crippen molar-refractivity contribution >= 4 is 11.5 Å². The maximum atomic E-state index is 14.9. The zero-order chi connectivity index (χ0) is 17.9. The molecular weight excluding hydrogens is 323 g/mol. The van der Waals surface area contributed by atoms with E-state index in [9.17, 15) is 19.1 Å². The molecule has 5 nitrogen and oxygen atoms in total. The first kappa shape index (κ1) is 16.3. The lowest BCUT2D eigenvalue weighted by Crippen LogP contribution is -2.25. The Morgan fingerprint density at radius 3 is 2.52 bits per heavy atom. The van der Waals surface area contributed by atoms with E-state index in [0.29, 0.717) is 11.1 Å². The third-order valence-corrected chi connectivity index (χ3v) is 5.65. The van der Waals surface area contributed by atoms with Crippen molar-refractivity contribution in [1.82, 2.24) is 4.40 Å². The minimum atomic E-state index is -1.27. The van der Waals surface area contributed by atoms with Gasteiger partial charge in [0.2, 0.25) is 0 Å². The first-order valence-corrected chi connectivity index (χ1v) is 8.75. The summed E-state index contributed by atoms with van der Waals surface area (Å²) in [7, 11) is 0. The van der Waals surface area contributed by atoms with Crippen molar-refractivity contribution < 1.29 is 14.3 Å². The first-order chi connectivity index (χ1) is 11.9. The Balaban J connectivity index is 2.03. The van der Waals surface area contributed by atoms with Gasteiger partial charge in [-0.3, -0.25) is 9.20 Å². The summed E-state index contributed by atoms with van der Waals surface area (Å²) in [6.45, 7) is 1.84. The number of rotatable bonds is 3. The van der Waals surface area contributed by atoms with Crippen LogP contribution in [0.1, 0.15) is 71.0 Å². The van der Waals surface area contributed by atoms with E-state index in [1.807, 2.05) is 6.92 Å². The molecule has 0 radical (unpaired) electrons. The van der Waals surface area contributed by atoms with Gasteiger partial charge in [-0.25, -0.2) is 9.18 Å². The van der Waals surface area contributed by atoms with Crippen LogP contribution in [0, 0.1) is 12.7 Å². The molecule has 0 bridgehead atoms. The smallest absolute Gasteiger partial charge is 0.341 e. The molecule has 132 valence electrons. The summed E-state index contributed by atoms with van der Waals surface area (Å²) in [5.74, 6) is -1.42. The van der Waals surface area contributed by atoms with Crippen LogP contribution >= 0.6 is 0 Å². The highest BCUT2D eigenvalue weighted by molar-refractivity contribution is 5.88. The molecule has 2 aliphatic rings. The number of nitrogens with zero attached hydrogens (tertiary/aromatic N) is 1. The van der Waals surface area contributed by atoms with Crippen molar-refractivity contribution in [1.29, 1.82) is 0 Å². The molecule has 2 aliphatic carbocycles. The average molecular weight is 344 g/mol. The van der Waals surface area contributed by atoms with E-state index in [-0.39, 0.29) is 23.4 Å². The summed E-state index contributed by atoms with van der Waals surface area (Å²) in [5, 5.41) is 9.33. The van der Waals surface area contributed by atoms with Gasteiger partial charge >= 0.3 is 5.97 Å². The Bertz CT molecular complexity index is 946. The lowest BCUT2D eigenvalue weighted by atomic mass is 9.91. The Kier molecular flexibility index (Phi) is 3.68. The summed E-state index contributed by atoms with van der Waals surface area (Å²) in [6.07, 6.45) is 5.55. The molecular formula is C19H21FN2O3. The fourth-order valence-electron chi connectivity index (χ4n) is 4.30. The van der Waals surface area contributed by atoms with Crippen molar-refractivity contribution in [3.05, 3.63) is 50.7 Å². The van der Waals surface area contributed by atoms with Crippen molar-refractivity contribution in [2.75, 3.05) is 0 Å². The maximum Gasteiger partial charge on any atom is 0.341 e. The SMILES string of the molecule is Cc1c(C2CC[C@H](N)C2)c(F)cn2c(=O)c(C(=O)O)cc(C3CC3)c12. The quantitative estimate of drug-likeness (QED) is 0.896. The highest BCUT2D eigenvalue weighted by Gasteiger charge is 2.32. The third kappa shape index (κ3) is 2.56. The monoisotopic (exact) mass is 344 g/mol. The summed E-state index contributed by atoms with van der Waals surface area (Å²) in [5.41, 5.74) is 7.93. The van der Waals surface area contributed by atoms with Gasteiger partial charge < -0.3 is 10.8 Å². The van der Waals surface area contributed by atoms with Gasteiger partial charge in [0.1, 0.15) is 11.4 Å². The first-order valence-electron chi connectivity index (χ1n) is 8.75. The predicted molar refractivity (Wildman–Crippen MR) is 91.9 cm³/mol. The second-order valence-electron chi connectivity index (χ2n) is 7.40. The van der Waals surface area contributed by atoms with Crippen LogP contribution in [-0.4, -0.2) is 21.5 Å². The van der Waals surface area contributed by atoms with Crippen molar-refractivity contribution in [3.63, 3.8) is 0 Å². The Morgan fingerprint density at radius 2 is 1.96 bits per heavy atom. The molecule has 6 heteroatoms. The number of aromatic nitrogens is 1. The molecule has 3 N–H and O–H groups in total. The van der Waals surface area contributed by atoms with Gasteiger partial charge in [-0.2, -0.15) is 0 Å². The number of halogens is 1. The van der Waals surface area contributed by atoms with E-state index >= 15 is 0 Å². The summed E-state index contributed by atoms with van der Waals surface area (Å²) in [6, 6.07) is 1.58. The molecule has 0 spiro atoms. The summed E-state index contributed by atoms with van der Waals surface area (Å²) in [4.78, 5) is 24.0. The van der Waals surface area contributed by atoms with Crippen molar-refractivity contribution in [2.45, 2.75) is 56.9 Å². The van der Waals surface area contributed by atoms with Gasteiger partial charge in [-0.1, -0.05) is 0 Å². The van der Waals surface area contributed by atoms with E-state index in [0.717, 1.165) is 43.2 Å². The number of carboxylic acids is 1. The van der Waals surface area contributed by atoms with Crippen LogP contribution in [0.25, 0.3) is 5.52 Å². The predicted octanol–water partition coefficient (Wildman–Crippen LogP) is 2.92. The molecule has 2 atom stereocenters. The second-order valence-corrected chi connectivity index (χ2v) is 7.40. The van der Waals surface area contributed by atoms with Crippen LogP contribution in [0.4, 0.5) is 4.39 Å². The van der Waals surface area contributed by atoms with Crippen molar-refractivity contribution in [3.8, 4) is 0 Å². The van der Waals surface area contributed by atoms with Gasteiger partial charge in [0.05, 0.1) is 5.52 Å². The maximum absolute atomic E-state index is 14.9. The van der Waals surface area contributed by atoms with Crippen LogP contribution < -0.4 is 11.3 Å². The number of hydrogen-bond donors (Lipinski definition) is 2. The molecule has 0 saturated heterocycles. The third-order valence-electron chi connectivity index (χ3n) is 5.65. The molecule has 2 saturated carbocycles. The van der Waals surface area contributed by atoms with Crippen LogP contribution in [0.15, 0.2) is 17.1 Å². The van der Waals surface area contributed by atoms with Gasteiger partial charge in [0.25, 0.3) is 5.56 Å². The summed E-state index contributed by atoms with van der Waals surface area (Å²) < 4.78 is 16.1. The largest absolute Gasteiger partial charge is 0.477 e. The molecule has 2 aromatic heterocycles. The molecule has 0 aliphatic heterocycles.